The van der Waals surface area contributed by atoms with Crippen molar-refractivity contribution in [3.63, 3.8) is 0 Å². The SMILES string of the molecule is Cc1cccc(-c2nc(CSc3nnc(COc4cc(C)ccc4C)n3C)cs2)c1. The highest BCUT2D eigenvalue weighted by Gasteiger charge is 2.12. The average Bonchev–Trinajstić information content (AvgIpc) is 3.34. The molecule has 0 saturated heterocycles. The minimum Gasteiger partial charge on any atom is -0.485 e. The van der Waals surface area contributed by atoms with Gasteiger partial charge in [0.15, 0.2) is 11.0 Å². The zero-order valence-electron chi connectivity index (χ0n) is 17.5. The standard InChI is InChI=1S/C23H24N4OS2/c1-15-6-5-7-18(10-15)22-24-19(13-29-22)14-30-23-26-25-21(27(23)4)12-28-20-11-16(2)8-9-17(20)3/h5-11,13H,12,14H2,1-4H3. The van der Waals surface area contributed by atoms with E-state index in [1.807, 2.05) is 18.5 Å². The van der Waals surface area contributed by atoms with Gasteiger partial charge in [0.2, 0.25) is 0 Å². The Hall–Kier alpha value is -2.64. The Morgan fingerprint density at radius 2 is 1.87 bits per heavy atom. The number of rotatable bonds is 7. The van der Waals surface area contributed by atoms with Gasteiger partial charge in [-0.3, -0.25) is 0 Å². The molecule has 4 rings (SSSR count). The minimum atomic E-state index is 0.391. The molecule has 0 radical (unpaired) electrons. The fraction of sp³-hybridized carbons (Fsp3) is 0.261. The molecule has 7 heteroatoms. The predicted octanol–water partition coefficient (Wildman–Crippen LogP) is 5.74. The molecule has 2 aromatic heterocycles. The first-order valence-electron chi connectivity index (χ1n) is 9.72. The molecular weight excluding hydrogens is 412 g/mol. The number of ether oxygens (including phenoxy) is 1. The van der Waals surface area contributed by atoms with E-state index in [0.717, 1.165) is 38.7 Å². The highest BCUT2D eigenvalue weighted by molar-refractivity contribution is 7.98. The van der Waals surface area contributed by atoms with Crippen LogP contribution in [0.5, 0.6) is 5.75 Å². The summed E-state index contributed by atoms with van der Waals surface area (Å²) >= 11 is 3.31. The Bertz CT molecular complexity index is 1170. The van der Waals surface area contributed by atoms with Crippen molar-refractivity contribution in [1.82, 2.24) is 19.7 Å². The Balaban J connectivity index is 1.38. The van der Waals surface area contributed by atoms with Crippen LogP contribution in [0.15, 0.2) is 53.0 Å². The lowest BCUT2D eigenvalue weighted by Crippen LogP contribution is -2.05. The zero-order valence-corrected chi connectivity index (χ0v) is 19.2. The lowest BCUT2D eigenvalue weighted by atomic mass is 10.1. The smallest absolute Gasteiger partial charge is 0.191 e. The Kier molecular flexibility index (Phi) is 6.20. The van der Waals surface area contributed by atoms with Gasteiger partial charge in [-0.2, -0.15) is 0 Å². The average molecular weight is 437 g/mol. The quantitative estimate of drug-likeness (QED) is 0.346. The third-order valence-electron chi connectivity index (χ3n) is 4.79. The minimum absolute atomic E-state index is 0.391. The lowest BCUT2D eigenvalue weighted by Gasteiger charge is -2.09. The summed E-state index contributed by atoms with van der Waals surface area (Å²) in [5.74, 6) is 2.45. The van der Waals surface area contributed by atoms with E-state index >= 15 is 0 Å². The molecule has 4 aromatic rings. The van der Waals surface area contributed by atoms with Crippen LogP contribution < -0.4 is 4.74 Å². The zero-order chi connectivity index (χ0) is 21.1. The Morgan fingerprint density at radius 1 is 1.03 bits per heavy atom. The molecule has 30 heavy (non-hydrogen) atoms. The maximum absolute atomic E-state index is 5.98. The summed E-state index contributed by atoms with van der Waals surface area (Å²) in [4.78, 5) is 4.78. The van der Waals surface area contributed by atoms with Crippen LogP contribution in [0.2, 0.25) is 0 Å². The number of aromatic nitrogens is 4. The molecule has 2 aromatic carbocycles. The Morgan fingerprint density at radius 3 is 2.70 bits per heavy atom. The summed E-state index contributed by atoms with van der Waals surface area (Å²) < 4.78 is 7.97. The highest BCUT2D eigenvalue weighted by atomic mass is 32.2. The van der Waals surface area contributed by atoms with Gasteiger partial charge in [0.1, 0.15) is 17.4 Å². The number of nitrogens with zero attached hydrogens (tertiary/aromatic N) is 4. The van der Waals surface area contributed by atoms with Gasteiger partial charge in [0.25, 0.3) is 0 Å². The van der Waals surface area contributed by atoms with Crippen molar-refractivity contribution in [2.45, 2.75) is 38.3 Å². The molecule has 2 heterocycles. The molecule has 0 aliphatic heterocycles. The van der Waals surface area contributed by atoms with Crippen LogP contribution in [0.1, 0.15) is 28.2 Å². The van der Waals surface area contributed by atoms with Gasteiger partial charge in [0.05, 0.1) is 5.69 Å². The second-order valence-corrected chi connectivity index (χ2v) is 9.12. The summed E-state index contributed by atoms with van der Waals surface area (Å²) in [7, 11) is 1.98. The normalized spacial score (nSPS) is 11.1. The molecule has 0 fully saturated rings. The van der Waals surface area contributed by atoms with E-state index < -0.39 is 0 Å². The molecule has 5 nitrogen and oxygen atoms in total. The van der Waals surface area contributed by atoms with Crippen molar-refractivity contribution in [2.24, 2.45) is 7.05 Å². The van der Waals surface area contributed by atoms with Gasteiger partial charge in [-0.25, -0.2) is 4.98 Å². The third kappa shape index (κ3) is 4.74. The molecule has 0 amide bonds. The second-order valence-electron chi connectivity index (χ2n) is 7.32. The van der Waals surface area contributed by atoms with Crippen LogP contribution >= 0.6 is 23.1 Å². The first-order valence-corrected chi connectivity index (χ1v) is 11.6. The van der Waals surface area contributed by atoms with Crippen molar-refractivity contribution in [1.29, 1.82) is 0 Å². The summed E-state index contributed by atoms with van der Waals surface area (Å²) in [6.07, 6.45) is 0. The number of benzene rings is 2. The molecule has 0 aliphatic rings. The van der Waals surface area contributed by atoms with E-state index in [4.69, 9.17) is 9.72 Å². The first kappa shape index (κ1) is 20.6. The summed E-state index contributed by atoms with van der Waals surface area (Å²) in [6, 6.07) is 14.7. The van der Waals surface area contributed by atoms with Crippen molar-refractivity contribution in [2.75, 3.05) is 0 Å². The molecule has 0 aliphatic carbocycles. The highest BCUT2D eigenvalue weighted by Crippen LogP contribution is 2.28. The van der Waals surface area contributed by atoms with E-state index in [1.54, 1.807) is 23.1 Å². The van der Waals surface area contributed by atoms with Crippen molar-refractivity contribution < 1.29 is 4.74 Å². The van der Waals surface area contributed by atoms with Crippen molar-refractivity contribution in [3.8, 4) is 16.3 Å². The third-order valence-corrected chi connectivity index (χ3v) is 6.79. The maximum atomic E-state index is 5.98. The summed E-state index contributed by atoms with van der Waals surface area (Å²) in [6.45, 7) is 6.60. The Labute approximate surface area is 185 Å². The first-order chi connectivity index (χ1) is 14.5. The molecule has 154 valence electrons. The van der Waals surface area contributed by atoms with E-state index in [9.17, 15) is 0 Å². The number of thioether (sulfide) groups is 1. The monoisotopic (exact) mass is 436 g/mol. The predicted molar refractivity (Wildman–Crippen MR) is 123 cm³/mol. The summed E-state index contributed by atoms with van der Waals surface area (Å²) in [5, 5.41) is 12.7. The van der Waals surface area contributed by atoms with Crippen LogP contribution in [0.4, 0.5) is 0 Å². The number of hydrogen-bond acceptors (Lipinski definition) is 6. The van der Waals surface area contributed by atoms with Crippen LogP contribution in [-0.4, -0.2) is 19.7 Å². The van der Waals surface area contributed by atoms with Gasteiger partial charge < -0.3 is 9.30 Å². The van der Waals surface area contributed by atoms with E-state index in [0.29, 0.717) is 6.61 Å². The van der Waals surface area contributed by atoms with Gasteiger partial charge in [-0.15, -0.1) is 21.5 Å². The van der Waals surface area contributed by atoms with Crippen LogP contribution in [0.25, 0.3) is 10.6 Å². The lowest BCUT2D eigenvalue weighted by molar-refractivity contribution is 0.288. The number of hydrogen-bond donors (Lipinski definition) is 0. The molecule has 0 N–H and O–H groups in total. The van der Waals surface area contributed by atoms with Gasteiger partial charge in [-0.1, -0.05) is 47.7 Å². The van der Waals surface area contributed by atoms with E-state index in [1.165, 1.54) is 16.7 Å². The fourth-order valence-corrected chi connectivity index (χ4v) is 4.77. The molecule has 0 unspecified atom stereocenters. The van der Waals surface area contributed by atoms with E-state index in [-0.39, 0.29) is 0 Å². The second kappa shape index (κ2) is 9.02. The molecule has 0 bridgehead atoms. The fourth-order valence-electron chi connectivity index (χ4n) is 3.02. The van der Waals surface area contributed by atoms with Gasteiger partial charge >= 0.3 is 0 Å². The molecular formula is C23H24N4OS2. The largest absolute Gasteiger partial charge is 0.485 e. The number of aryl methyl sites for hydroxylation is 3. The van der Waals surface area contributed by atoms with Gasteiger partial charge in [-0.05, 0) is 44.0 Å². The van der Waals surface area contributed by atoms with E-state index in [2.05, 4.69) is 71.9 Å². The maximum Gasteiger partial charge on any atom is 0.191 e. The number of thiazole rings is 1. The molecule has 0 saturated carbocycles. The van der Waals surface area contributed by atoms with Crippen molar-refractivity contribution in [3.05, 3.63) is 76.1 Å². The van der Waals surface area contributed by atoms with Crippen LogP contribution in [-0.2, 0) is 19.4 Å². The van der Waals surface area contributed by atoms with Crippen molar-refractivity contribution >= 4 is 23.1 Å². The summed E-state index contributed by atoms with van der Waals surface area (Å²) in [5.41, 5.74) is 5.76. The van der Waals surface area contributed by atoms with Crippen LogP contribution in [0.3, 0.4) is 0 Å². The van der Waals surface area contributed by atoms with Gasteiger partial charge in [0, 0.05) is 23.7 Å². The topological polar surface area (TPSA) is 52.8 Å². The molecule has 0 spiro atoms. The molecule has 0 atom stereocenters. The van der Waals surface area contributed by atoms with Crippen LogP contribution in [0, 0.1) is 20.8 Å².